The van der Waals surface area contributed by atoms with E-state index in [0.717, 1.165) is 11.3 Å². The predicted molar refractivity (Wildman–Crippen MR) is 81.9 cm³/mol. The van der Waals surface area contributed by atoms with E-state index in [2.05, 4.69) is 11.7 Å². The van der Waals surface area contributed by atoms with E-state index in [0.29, 0.717) is 27.1 Å². The highest BCUT2D eigenvalue weighted by Gasteiger charge is 2.26. The van der Waals surface area contributed by atoms with E-state index in [4.69, 9.17) is 28.6 Å². The first kappa shape index (κ1) is 13.8. The van der Waals surface area contributed by atoms with Gasteiger partial charge in [0.25, 0.3) is 0 Å². The molecule has 3 nitrogen and oxygen atoms in total. The second-order valence-corrected chi connectivity index (χ2v) is 4.96. The zero-order valence-corrected chi connectivity index (χ0v) is 12.2. The van der Waals surface area contributed by atoms with E-state index in [1.165, 1.54) is 5.01 Å². The van der Waals surface area contributed by atoms with Crippen molar-refractivity contribution < 1.29 is 0 Å². The summed E-state index contributed by atoms with van der Waals surface area (Å²) in [5, 5.41) is 15.0. The third-order valence-corrected chi connectivity index (χ3v) is 3.44. The van der Waals surface area contributed by atoms with Gasteiger partial charge in [-0.25, -0.2) is 5.01 Å². The molecule has 98 valence electrons. The van der Waals surface area contributed by atoms with Gasteiger partial charge in [-0.1, -0.05) is 35.9 Å². The molecule has 5 heteroatoms. The van der Waals surface area contributed by atoms with Crippen molar-refractivity contribution in [1.82, 2.24) is 5.01 Å². The van der Waals surface area contributed by atoms with Crippen LogP contribution in [-0.4, -0.2) is 16.6 Å². The Morgan fingerprint density at radius 1 is 1.42 bits per heavy atom. The van der Waals surface area contributed by atoms with Crippen LogP contribution >= 0.6 is 23.2 Å². The van der Waals surface area contributed by atoms with Crippen molar-refractivity contribution in [3.63, 3.8) is 0 Å². The van der Waals surface area contributed by atoms with Crippen LogP contribution in [0.15, 0.2) is 41.5 Å². The molecule has 0 aliphatic carbocycles. The first-order chi connectivity index (χ1) is 8.95. The number of hydrogen-bond acceptors (Lipinski definition) is 2. The molecule has 0 fully saturated rings. The van der Waals surface area contributed by atoms with E-state index in [1.54, 1.807) is 18.2 Å². The van der Waals surface area contributed by atoms with Crippen molar-refractivity contribution in [3.8, 4) is 0 Å². The molecule has 0 saturated heterocycles. The molecule has 1 heterocycles. The fourth-order valence-corrected chi connectivity index (χ4v) is 2.44. The summed E-state index contributed by atoms with van der Waals surface area (Å²) in [4.78, 5) is 0. The van der Waals surface area contributed by atoms with Crippen LogP contribution in [0.2, 0.25) is 10.0 Å². The van der Waals surface area contributed by atoms with Gasteiger partial charge in [-0.2, -0.15) is 5.10 Å². The molecule has 0 atom stereocenters. The molecule has 0 bridgehead atoms. The molecular formula is C14H13Cl2N3. The van der Waals surface area contributed by atoms with Crippen molar-refractivity contribution in [3.05, 3.63) is 52.0 Å². The van der Waals surface area contributed by atoms with Crippen molar-refractivity contribution in [2.75, 3.05) is 0 Å². The molecule has 0 unspecified atom stereocenters. The van der Waals surface area contributed by atoms with Crippen LogP contribution in [-0.2, 0) is 0 Å². The van der Waals surface area contributed by atoms with E-state index in [-0.39, 0.29) is 0 Å². The van der Waals surface area contributed by atoms with Gasteiger partial charge < -0.3 is 0 Å². The number of allylic oxidation sites excluding steroid dienone is 1. The van der Waals surface area contributed by atoms with E-state index in [9.17, 15) is 0 Å². The van der Waals surface area contributed by atoms with Crippen molar-refractivity contribution >= 4 is 40.4 Å². The molecule has 1 aromatic carbocycles. The first-order valence-corrected chi connectivity index (χ1v) is 6.46. The molecule has 0 radical (unpaired) electrons. The summed E-state index contributed by atoms with van der Waals surface area (Å²) in [5.74, 6) is 0.302. The maximum Gasteiger partial charge on any atom is 0.155 e. The monoisotopic (exact) mass is 293 g/mol. The van der Waals surface area contributed by atoms with Crippen LogP contribution < -0.4 is 0 Å². The van der Waals surface area contributed by atoms with Gasteiger partial charge in [-0.05, 0) is 32.0 Å². The summed E-state index contributed by atoms with van der Waals surface area (Å²) in [7, 11) is 0. The molecule has 0 saturated carbocycles. The molecule has 1 aliphatic rings. The SMILES string of the molecule is C=C(c1ccc(Cl)cc1Cl)N1N=C(C)/C(=C/C)C1=N. The molecule has 1 aromatic rings. The Balaban J connectivity index is 2.39. The average Bonchev–Trinajstić information content (AvgIpc) is 2.63. The summed E-state index contributed by atoms with van der Waals surface area (Å²) in [6.45, 7) is 7.72. The van der Waals surface area contributed by atoms with Gasteiger partial charge in [-0.15, -0.1) is 0 Å². The smallest absolute Gasteiger partial charge is 0.155 e. The zero-order valence-electron chi connectivity index (χ0n) is 10.7. The number of halogens is 2. The number of benzene rings is 1. The maximum absolute atomic E-state index is 8.10. The van der Waals surface area contributed by atoms with Gasteiger partial charge >= 0.3 is 0 Å². The fourth-order valence-electron chi connectivity index (χ4n) is 1.92. The van der Waals surface area contributed by atoms with Crippen molar-refractivity contribution in [1.29, 1.82) is 5.41 Å². The third-order valence-electron chi connectivity index (χ3n) is 2.89. The van der Waals surface area contributed by atoms with Gasteiger partial charge in [0.05, 0.1) is 16.4 Å². The summed E-state index contributed by atoms with van der Waals surface area (Å²) in [6, 6.07) is 5.16. The minimum absolute atomic E-state index is 0.302. The number of hydrazone groups is 1. The Labute approximate surface area is 122 Å². The molecule has 0 amide bonds. The lowest BCUT2D eigenvalue weighted by molar-refractivity contribution is 0.643. The van der Waals surface area contributed by atoms with Crippen molar-refractivity contribution in [2.45, 2.75) is 13.8 Å². The van der Waals surface area contributed by atoms with E-state index in [1.807, 2.05) is 19.9 Å². The number of nitrogens with one attached hydrogen (secondary N) is 1. The Kier molecular flexibility index (Phi) is 3.78. The van der Waals surface area contributed by atoms with Gasteiger partial charge in [-0.3, -0.25) is 5.41 Å². The lowest BCUT2D eigenvalue weighted by Gasteiger charge is -2.18. The van der Waals surface area contributed by atoms with Gasteiger partial charge in [0.15, 0.2) is 5.84 Å². The minimum Gasteiger partial charge on any atom is -0.282 e. The largest absolute Gasteiger partial charge is 0.282 e. The standard InChI is InChI=1S/C14H13Cl2N3/c1-4-11-8(2)18-19(14(11)17)9(3)12-6-5-10(15)7-13(12)16/h4-7,17H,3H2,1-2H3/b11-4-,17-14?. The van der Waals surface area contributed by atoms with Gasteiger partial charge in [0.2, 0.25) is 0 Å². The number of amidine groups is 1. The van der Waals surface area contributed by atoms with Crippen LogP contribution in [0.1, 0.15) is 19.4 Å². The molecular weight excluding hydrogens is 281 g/mol. The third kappa shape index (κ3) is 2.44. The second-order valence-electron chi connectivity index (χ2n) is 4.12. The lowest BCUT2D eigenvalue weighted by Crippen LogP contribution is -2.19. The Morgan fingerprint density at radius 3 is 2.63 bits per heavy atom. The highest BCUT2D eigenvalue weighted by atomic mass is 35.5. The second kappa shape index (κ2) is 5.19. The fraction of sp³-hybridized carbons (Fsp3) is 0.143. The Morgan fingerprint density at radius 2 is 2.11 bits per heavy atom. The number of rotatable bonds is 2. The predicted octanol–water partition coefficient (Wildman–Crippen LogP) is 4.58. The number of hydrogen-bond donors (Lipinski definition) is 1. The Bertz CT molecular complexity index is 630. The van der Waals surface area contributed by atoms with Crippen LogP contribution in [0.4, 0.5) is 0 Å². The topological polar surface area (TPSA) is 39.5 Å². The van der Waals surface area contributed by atoms with Crippen LogP contribution in [0.3, 0.4) is 0 Å². The average molecular weight is 294 g/mol. The lowest BCUT2D eigenvalue weighted by atomic mass is 10.1. The summed E-state index contributed by atoms with van der Waals surface area (Å²) < 4.78 is 0. The normalized spacial score (nSPS) is 17.1. The van der Waals surface area contributed by atoms with E-state index < -0.39 is 0 Å². The first-order valence-electron chi connectivity index (χ1n) is 5.71. The quantitative estimate of drug-likeness (QED) is 0.852. The van der Waals surface area contributed by atoms with Gasteiger partial charge in [0.1, 0.15) is 0 Å². The Hall–Kier alpha value is -1.58. The molecule has 0 aromatic heterocycles. The summed E-state index contributed by atoms with van der Waals surface area (Å²) in [6.07, 6.45) is 1.86. The van der Waals surface area contributed by atoms with Gasteiger partial charge in [0, 0.05) is 16.2 Å². The molecule has 19 heavy (non-hydrogen) atoms. The molecule has 2 rings (SSSR count). The molecule has 1 N–H and O–H groups in total. The van der Waals surface area contributed by atoms with Crippen LogP contribution in [0.25, 0.3) is 5.70 Å². The summed E-state index contributed by atoms with van der Waals surface area (Å²) >= 11 is 12.0. The number of nitrogens with zero attached hydrogens (tertiary/aromatic N) is 2. The molecule has 1 aliphatic heterocycles. The van der Waals surface area contributed by atoms with Crippen LogP contribution in [0.5, 0.6) is 0 Å². The minimum atomic E-state index is 0.302. The van der Waals surface area contributed by atoms with Crippen molar-refractivity contribution in [2.24, 2.45) is 5.10 Å². The summed E-state index contributed by atoms with van der Waals surface area (Å²) in [5.41, 5.74) is 2.86. The van der Waals surface area contributed by atoms with Crippen LogP contribution in [0, 0.1) is 5.41 Å². The molecule has 0 spiro atoms. The van der Waals surface area contributed by atoms with E-state index >= 15 is 0 Å². The zero-order chi connectivity index (χ0) is 14.2. The highest BCUT2D eigenvalue weighted by Crippen LogP contribution is 2.31. The maximum atomic E-state index is 8.10. The highest BCUT2D eigenvalue weighted by molar-refractivity contribution is 6.36.